The molecule has 0 saturated heterocycles. The standard InChI is InChI=1S/C34H52BrO6P/c1-2-3-4-5-6-7-8-9-10-11-12-13-20-25-34(37)39-29-32(36)26-33(35)42(38,40-27-30-21-16-14-17-22-30)41-28-31-23-18-15-19-24-31/h14-19,21-24,32-33,36H,2-13,20,25-29H2,1H3/t32-,33+/m0/s1. The topological polar surface area (TPSA) is 82.1 Å². The molecule has 2 aromatic carbocycles. The normalized spacial score (nSPS) is 13.1. The number of hydrogen-bond donors (Lipinski definition) is 1. The first-order valence-corrected chi connectivity index (χ1v) is 18.4. The molecule has 0 spiro atoms. The summed E-state index contributed by atoms with van der Waals surface area (Å²) in [7, 11) is -3.67. The van der Waals surface area contributed by atoms with Crippen LogP contribution in [0.2, 0.25) is 0 Å². The van der Waals surface area contributed by atoms with Gasteiger partial charge in [0.1, 0.15) is 11.2 Å². The van der Waals surface area contributed by atoms with Gasteiger partial charge in [-0.3, -0.25) is 9.36 Å². The van der Waals surface area contributed by atoms with Gasteiger partial charge in [0.05, 0.1) is 19.3 Å². The van der Waals surface area contributed by atoms with E-state index in [2.05, 4.69) is 22.9 Å². The van der Waals surface area contributed by atoms with E-state index >= 15 is 0 Å². The lowest BCUT2D eigenvalue weighted by Gasteiger charge is -2.25. The minimum Gasteiger partial charge on any atom is -0.463 e. The first-order valence-electron chi connectivity index (χ1n) is 15.9. The fourth-order valence-corrected chi connectivity index (χ4v) is 7.34. The van der Waals surface area contributed by atoms with Gasteiger partial charge in [0.2, 0.25) is 0 Å². The van der Waals surface area contributed by atoms with Crippen LogP contribution in [0.4, 0.5) is 0 Å². The number of aliphatic hydroxyl groups is 1. The summed E-state index contributed by atoms with van der Waals surface area (Å²) in [6.45, 7) is 2.32. The Bertz CT molecular complexity index is 943. The average molecular weight is 668 g/mol. The smallest absolute Gasteiger partial charge is 0.344 e. The summed E-state index contributed by atoms with van der Waals surface area (Å²) >= 11 is 3.44. The molecule has 0 aliphatic heterocycles. The van der Waals surface area contributed by atoms with Gasteiger partial charge < -0.3 is 18.9 Å². The number of ether oxygens (including phenoxy) is 1. The van der Waals surface area contributed by atoms with Crippen molar-refractivity contribution >= 4 is 29.5 Å². The van der Waals surface area contributed by atoms with Gasteiger partial charge in [0.25, 0.3) is 0 Å². The van der Waals surface area contributed by atoms with Gasteiger partial charge >= 0.3 is 13.6 Å². The quantitative estimate of drug-likeness (QED) is 0.0491. The van der Waals surface area contributed by atoms with Crippen LogP contribution in [0.15, 0.2) is 60.7 Å². The fraction of sp³-hybridized carbons (Fsp3) is 0.618. The predicted octanol–water partition coefficient (Wildman–Crippen LogP) is 10.1. The number of aliphatic hydroxyl groups excluding tert-OH is 1. The van der Waals surface area contributed by atoms with Crippen molar-refractivity contribution in [2.75, 3.05) is 6.61 Å². The molecule has 2 aromatic rings. The van der Waals surface area contributed by atoms with E-state index in [0.29, 0.717) is 6.42 Å². The third-order valence-corrected chi connectivity index (χ3v) is 11.0. The van der Waals surface area contributed by atoms with Crippen LogP contribution in [0.25, 0.3) is 0 Å². The van der Waals surface area contributed by atoms with Gasteiger partial charge in [-0.2, -0.15) is 0 Å². The van der Waals surface area contributed by atoms with Crippen molar-refractivity contribution in [1.82, 2.24) is 0 Å². The predicted molar refractivity (Wildman–Crippen MR) is 175 cm³/mol. The second-order valence-electron chi connectivity index (χ2n) is 11.1. The highest BCUT2D eigenvalue weighted by molar-refractivity contribution is 9.10. The van der Waals surface area contributed by atoms with E-state index in [0.717, 1.165) is 30.4 Å². The number of carbonyl (C=O) groups is 1. The maximum absolute atomic E-state index is 13.8. The lowest BCUT2D eigenvalue weighted by Crippen LogP contribution is -2.23. The van der Waals surface area contributed by atoms with E-state index in [-0.39, 0.29) is 32.2 Å². The maximum Gasteiger partial charge on any atom is 0.344 e. The third kappa shape index (κ3) is 17.0. The minimum absolute atomic E-state index is 0.0485. The number of esters is 1. The Labute approximate surface area is 262 Å². The first-order chi connectivity index (χ1) is 20.4. The van der Waals surface area contributed by atoms with Crippen molar-refractivity contribution in [3.63, 3.8) is 0 Å². The van der Waals surface area contributed by atoms with E-state index in [4.69, 9.17) is 13.8 Å². The Morgan fingerprint density at radius 3 is 1.62 bits per heavy atom. The van der Waals surface area contributed by atoms with Crippen molar-refractivity contribution in [2.45, 2.75) is 127 Å². The SMILES string of the molecule is CCCCCCCCCCCCCCCC(=O)OC[C@@H](O)C[C@H](Br)P(=O)(OCc1ccccc1)OCc1ccccc1. The number of benzene rings is 2. The number of alkyl halides is 1. The highest BCUT2D eigenvalue weighted by Gasteiger charge is 2.36. The summed E-state index contributed by atoms with van der Waals surface area (Å²) in [6, 6.07) is 18.9. The Morgan fingerprint density at radius 2 is 1.17 bits per heavy atom. The molecule has 236 valence electrons. The zero-order valence-electron chi connectivity index (χ0n) is 25.5. The van der Waals surface area contributed by atoms with Crippen molar-refractivity contribution in [2.24, 2.45) is 0 Å². The van der Waals surface area contributed by atoms with Crippen LogP contribution in [0.1, 0.15) is 114 Å². The first kappa shape index (κ1) is 36.7. The molecule has 0 radical (unpaired) electrons. The lowest BCUT2D eigenvalue weighted by molar-refractivity contribution is -0.146. The highest BCUT2D eigenvalue weighted by Crippen LogP contribution is 2.58. The summed E-state index contributed by atoms with van der Waals surface area (Å²) in [4.78, 5) is 12.2. The average Bonchev–Trinajstić information content (AvgIpc) is 3.01. The maximum atomic E-state index is 13.8. The third-order valence-electron chi connectivity index (χ3n) is 7.24. The van der Waals surface area contributed by atoms with Gasteiger partial charge in [-0.1, -0.05) is 161 Å². The van der Waals surface area contributed by atoms with E-state index in [1.807, 2.05) is 60.7 Å². The van der Waals surface area contributed by atoms with Crippen molar-refractivity contribution in [1.29, 1.82) is 0 Å². The van der Waals surface area contributed by atoms with Gasteiger partial charge in [-0.15, -0.1) is 0 Å². The molecule has 0 saturated carbocycles. The molecule has 42 heavy (non-hydrogen) atoms. The molecule has 0 aliphatic carbocycles. The number of rotatable bonds is 25. The van der Waals surface area contributed by atoms with Crippen LogP contribution in [0, 0.1) is 0 Å². The molecule has 0 aromatic heterocycles. The van der Waals surface area contributed by atoms with Gasteiger partial charge in [0.15, 0.2) is 0 Å². The monoisotopic (exact) mass is 666 g/mol. The van der Waals surface area contributed by atoms with Crippen molar-refractivity contribution < 1.29 is 28.3 Å². The Hall–Kier alpha value is -1.50. The Kier molecular flexibility index (Phi) is 20.1. The molecule has 0 fully saturated rings. The molecule has 8 heteroatoms. The molecule has 0 bridgehead atoms. The van der Waals surface area contributed by atoms with E-state index in [9.17, 15) is 14.5 Å². The number of halogens is 1. The van der Waals surface area contributed by atoms with Crippen LogP contribution in [-0.4, -0.2) is 28.4 Å². The van der Waals surface area contributed by atoms with Crippen LogP contribution in [-0.2, 0) is 36.4 Å². The van der Waals surface area contributed by atoms with Crippen LogP contribution >= 0.6 is 23.5 Å². The Morgan fingerprint density at radius 1 is 0.738 bits per heavy atom. The summed E-state index contributed by atoms with van der Waals surface area (Å²) in [5.74, 6) is -0.313. The van der Waals surface area contributed by atoms with E-state index in [1.165, 1.54) is 64.2 Å². The Balaban J connectivity index is 1.63. The molecule has 6 nitrogen and oxygen atoms in total. The van der Waals surface area contributed by atoms with Crippen LogP contribution in [0.5, 0.6) is 0 Å². The summed E-state index contributed by atoms with van der Waals surface area (Å²) in [6.07, 6.45) is 15.6. The molecule has 0 heterocycles. The number of hydrogen-bond acceptors (Lipinski definition) is 6. The molecule has 1 N–H and O–H groups in total. The minimum atomic E-state index is -3.67. The zero-order valence-corrected chi connectivity index (χ0v) is 28.0. The molecule has 0 unspecified atom stereocenters. The number of carbonyl (C=O) groups excluding carboxylic acids is 1. The van der Waals surface area contributed by atoms with Crippen molar-refractivity contribution in [3.8, 4) is 0 Å². The second-order valence-corrected chi connectivity index (χ2v) is 15.1. The molecular weight excluding hydrogens is 615 g/mol. The van der Waals surface area contributed by atoms with E-state index < -0.39 is 18.3 Å². The molecular formula is C34H52BrO6P. The number of unbranched alkanes of at least 4 members (excludes halogenated alkanes) is 12. The van der Waals surface area contributed by atoms with E-state index in [1.54, 1.807) is 0 Å². The van der Waals surface area contributed by atoms with Gasteiger partial charge in [0, 0.05) is 12.8 Å². The molecule has 0 aliphatic rings. The molecule has 2 rings (SSSR count). The summed E-state index contributed by atoms with van der Waals surface area (Å²) in [5.41, 5.74) is 1.73. The molecule has 0 amide bonds. The van der Waals surface area contributed by atoms with Crippen molar-refractivity contribution in [3.05, 3.63) is 71.8 Å². The highest BCUT2D eigenvalue weighted by atomic mass is 79.9. The summed E-state index contributed by atoms with van der Waals surface area (Å²) < 4.78 is 30.0. The zero-order chi connectivity index (χ0) is 30.3. The van der Waals surface area contributed by atoms with Gasteiger partial charge in [-0.05, 0) is 17.5 Å². The summed E-state index contributed by atoms with van der Waals surface area (Å²) in [5, 5.41) is 10.5. The lowest BCUT2D eigenvalue weighted by atomic mass is 10.0. The van der Waals surface area contributed by atoms with Gasteiger partial charge in [-0.25, -0.2) is 0 Å². The largest absolute Gasteiger partial charge is 0.463 e. The van der Waals surface area contributed by atoms with Crippen LogP contribution in [0.3, 0.4) is 0 Å². The second kappa shape index (κ2) is 23.0. The fourth-order valence-electron chi connectivity index (χ4n) is 4.65. The molecule has 2 atom stereocenters. The van der Waals surface area contributed by atoms with Crippen LogP contribution < -0.4 is 0 Å².